The largest absolute Gasteiger partial charge is 0.379 e. The highest BCUT2D eigenvalue weighted by molar-refractivity contribution is 5.85. The van der Waals surface area contributed by atoms with Gasteiger partial charge in [-0.05, 0) is 42.4 Å². The lowest BCUT2D eigenvalue weighted by atomic mass is 9.93. The normalized spacial score (nSPS) is 29.0. The van der Waals surface area contributed by atoms with Crippen LogP contribution in [0.25, 0.3) is 0 Å². The number of benzene rings is 1. The Labute approximate surface area is 144 Å². The monoisotopic (exact) mass is 342 g/mol. The Balaban J connectivity index is 0.00000192. The van der Waals surface area contributed by atoms with Gasteiger partial charge in [-0.1, -0.05) is 25.5 Å². The summed E-state index contributed by atoms with van der Waals surface area (Å²) in [4.78, 5) is 0. The van der Waals surface area contributed by atoms with Crippen LogP contribution in [0.5, 0.6) is 0 Å². The Hall–Kier alpha value is -0.680. The lowest BCUT2D eigenvalue weighted by Gasteiger charge is -2.33. The molecule has 0 amide bonds. The van der Waals surface area contributed by atoms with Crippen LogP contribution in [-0.2, 0) is 4.74 Å². The molecule has 3 nitrogen and oxygen atoms in total. The standard InChI is InChI=1S/C18H27FN2O.ClH/c1-13(14-5-7-15(19)8-6-14)11-21-17-4-2-3-16(17)18-12-22-10-9-20-18;/h5-8,13,16-18,20-21H,2-4,9-12H2,1H3;1H. The van der Waals surface area contributed by atoms with Crippen LogP contribution < -0.4 is 10.6 Å². The predicted molar refractivity (Wildman–Crippen MR) is 93.8 cm³/mol. The molecular formula is C18H28ClFN2O. The molecule has 1 aliphatic carbocycles. The molecule has 1 saturated heterocycles. The zero-order chi connectivity index (χ0) is 15.4. The molecule has 0 bridgehead atoms. The van der Waals surface area contributed by atoms with Gasteiger partial charge in [-0.25, -0.2) is 4.39 Å². The first-order valence-electron chi connectivity index (χ1n) is 8.54. The SMILES string of the molecule is CC(CNC1CCCC1C1COCCN1)c1ccc(F)cc1.Cl. The molecule has 0 spiro atoms. The molecule has 2 aliphatic rings. The van der Waals surface area contributed by atoms with E-state index in [1.807, 2.05) is 12.1 Å². The van der Waals surface area contributed by atoms with Crippen molar-refractivity contribution in [2.75, 3.05) is 26.3 Å². The van der Waals surface area contributed by atoms with Crippen LogP contribution in [0.1, 0.15) is 37.7 Å². The van der Waals surface area contributed by atoms with E-state index in [2.05, 4.69) is 17.6 Å². The van der Waals surface area contributed by atoms with Gasteiger partial charge in [0.25, 0.3) is 0 Å². The van der Waals surface area contributed by atoms with Gasteiger partial charge >= 0.3 is 0 Å². The van der Waals surface area contributed by atoms with E-state index in [0.717, 1.165) is 26.3 Å². The molecule has 23 heavy (non-hydrogen) atoms. The van der Waals surface area contributed by atoms with Crippen LogP contribution in [0.15, 0.2) is 24.3 Å². The minimum atomic E-state index is -0.164. The van der Waals surface area contributed by atoms with Crippen molar-refractivity contribution in [3.8, 4) is 0 Å². The number of halogens is 2. The average Bonchev–Trinajstić information content (AvgIpc) is 3.02. The lowest BCUT2D eigenvalue weighted by Crippen LogP contribution is -2.51. The number of hydrogen-bond donors (Lipinski definition) is 2. The molecule has 1 heterocycles. The average molecular weight is 343 g/mol. The van der Waals surface area contributed by atoms with Gasteiger partial charge in [-0.3, -0.25) is 0 Å². The Kier molecular flexibility index (Phi) is 7.28. The summed E-state index contributed by atoms with van der Waals surface area (Å²) in [5.74, 6) is 0.904. The van der Waals surface area contributed by atoms with Crippen molar-refractivity contribution in [2.45, 2.75) is 44.2 Å². The first-order valence-corrected chi connectivity index (χ1v) is 8.54. The number of hydrogen-bond acceptors (Lipinski definition) is 3. The second-order valence-corrected chi connectivity index (χ2v) is 6.70. The van der Waals surface area contributed by atoms with Gasteiger partial charge in [0, 0.05) is 25.2 Å². The quantitative estimate of drug-likeness (QED) is 0.862. The van der Waals surface area contributed by atoms with Crippen LogP contribution in [0.3, 0.4) is 0 Å². The summed E-state index contributed by atoms with van der Waals surface area (Å²) < 4.78 is 18.6. The second kappa shape index (κ2) is 8.97. The van der Waals surface area contributed by atoms with Crippen molar-refractivity contribution in [1.29, 1.82) is 0 Å². The van der Waals surface area contributed by atoms with E-state index in [9.17, 15) is 4.39 Å². The Morgan fingerprint density at radius 1 is 1.30 bits per heavy atom. The van der Waals surface area contributed by atoms with Gasteiger partial charge in [0.05, 0.1) is 13.2 Å². The van der Waals surface area contributed by atoms with Crippen LogP contribution in [0.2, 0.25) is 0 Å². The van der Waals surface area contributed by atoms with Gasteiger partial charge in [0.2, 0.25) is 0 Å². The number of rotatable bonds is 5. The summed E-state index contributed by atoms with van der Waals surface area (Å²) >= 11 is 0. The predicted octanol–water partition coefficient (Wildman–Crippen LogP) is 3.10. The highest BCUT2D eigenvalue weighted by Crippen LogP contribution is 2.30. The second-order valence-electron chi connectivity index (χ2n) is 6.70. The maximum atomic E-state index is 13.0. The molecule has 5 heteroatoms. The topological polar surface area (TPSA) is 33.3 Å². The maximum Gasteiger partial charge on any atom is 0.123 e. The molecule has 2 fully saturated rings. The molecule has 1 aromatic carbocycles. The Bertz CT molecular complexity index is 465. The van der Waals surface area contributed by atoms with Crippen molar-refractivity contribution in [1.82, 2.24) is 10.6 Å². The van der Waals surface area contributed by atoms with E-state index in [-0.39, 0.29) is 18.2 Å². The fourth-order valence-corrected chi connectivity index (χ4v) is 3.82. The van der Waals surface area contributed by atoms with Gasteiger partial charge in [-0.2, -0.15) is 0 Å². The smallest absolute Gasteiger partial charge is 0.123 e. The minimum absolute atomic E-state index is 0. The third-order valence-electron chi connectivity index (χ3n) is 5.16. The van der Waals surface area contributed by atoms with Crippen molar-refractivity contribution in [3.05, 3.63) is 35.6 Å². The third kappa shape index (κ3) is 4.90. The summed E-state index contributed by atoms with van der Waals surface area (Å²) in [7, 11) is 0. The van der Waals surface area contributed by atoms with Gasteiger partial charge in [-0.15, -0.1) is 12.4 Å². The van der Waals surface area contributed by atoms with Crippen molar-refractivity contribution >= 4 is 12.4 Å². The molecule has 130 valence electrons. The van der Waals surface area contributed by atoms with E-state index >= 15 is 0 Å². The van der Waals surface area contributed by atoms with Crippen LogP contribution in [0.4, 0.5) is 4.39 Å². The molecule has 3 rings (SSSR count). The fraction of sp³-hybridized carbons (Fsp3) is 0.667. The lowest BCUT2D eigenvalue weighted by molar-refractivity contribution is 0.0525. The molecule has 1 saturated carbocycles. The summed E-state index contributed by atoms with van der Waals surface area (Å²) in [6.45, 7) is 5.80. The van der Waals surface area contributed by atoms with E-state index in [1.165, 1.54) is 24.8 Å². The van der Waals surface area contributed by atoms with Crippen molar-refractivity contribution in [3.63, 3.8) is 0 Å². The molecule has 1 aliphatic heterocycles. The molecule has 4 atom stereocenters. The van der Waals surface area contributed by atoms with E-state index < -0.39 is 0 Å². The Morgan fingerprint density at radius 3 is 2.78 bits per heavy atom. The number of ether oxygens (including phenoxy) is 1. The van der Waals surface area contributed by atoms with E-state index in [0.29, 0.717) is 23.9 Å². The van der Waals surface area contributed by atoms with Crippen molar-refractivity contribution < 1.29 is 9.13 Å². The molecule has 1 aromatic rings. The molecule has 0 aromatic heterocycles. The molecule has 4 unspecified atom stereocenters. The molecule has 0 radical (unpaired) electrons. The van der Waals surface area contributed by atoms with Gasteiger partial charge in [0.15, 0.2) is 0 Å². The van der Waals surface area contributed by atoms with E-state index in [1.54, 1.807) is 12.1 Å². The first-order chi connectivity index (χ1) is 10.7. The summed E-state index contributed by atoms with van der Waals surface area (Å²) in [6.07, 6.45) is 3.83. The first kappa shape index (κ1) is 18.7. The highest BCUT2D eigenvalue weighted by Gasteiger charge is 2.34. The number of nitrogens with one attached hydrogen (secondary N) is 2. The van der Waals surface area contributed by atoms with Crippen molar-refractivity contribution in [2.24, 2.45) is 5.92 Å². The maximum absolute atomic E-state index is 13.0. The van der Waals surface area contributed by atoms with Gasteiger partial charge in [0.1, 0.15) is 5.82 Å². The Morgan fingerprint density at radius 2 is 2.09 bits per heavy atom. The van der Waals surface area contributed by atoms with Gasteiger partial charge < -0.3 is 15.4 Å². The number of morpholine rings is 1. The zero-order valence-corrected chi connectivity index (χ0v) is 14.6. The van der Waals surface area contributed by atoms with Crippen LogP contribution >= 0.6 is 12.4 Å². The van der Waals surface area contributed by atoms with Crippen LogP contribution in [0, 0.1) is 11.7 Å². The van der Waals surface area contributed by atoms with Crippen LogP contribution in [-0.4, -0.2) is 38.4 Å². The summed E-state index contributed by atoms with van der Waals surface area (Å²) in [6, 6.07) is 7.95. The molecular weight excluding hydrogens is 315 g/mol. The molecule has 2 N–H and O–H groups in total. The summed E-state index contributed by atoms with van der Waals surface area (Å²) in [5, 5.41) is 7.36. The van der Waals surface area contributed by atoms with E-state index in [4.69, 9.17) is 4.74 Å². The summed E-state index contributed by atoms with van der Waals surface area (Å²) in [5.41, 5.74) is 1.20. The third-order valence-corrected chi connectivity index (χ3v) is 5.16. The fourth-order valence-electron chi connectivity index (χ4n) is 3.82. The zero-order valence-electron chi connectivity index (χ0n) is 13.8. The highest BCUT2D eigenvalue weighted by atomic mass is 35.5. The minimum Gasteiger partial charge on any atom is -0.379 e.